The smallest absolute Gasteiger partial charge is 0.348 e. The third-order valence-electron chi connectivity index (χ3n) is 5.02. The van der Waals surface area contributed by atoms with E-state index in [1.54, 1.807) is 52.8 Å². The van der Waals surface area contributed by atoms with Gasteiger partial charge in [-0.15, -0.1) is 11.3 Å². The lowest BCUT2D eigenvalue weighted by Crippen LogP contribution is -2.42. The number of rotatable bonds is 7. The number of fused-ring (bicyclic) bond motifs is 1. The van der Waals surface area contributed by atoms with Crippen LogP contribution in [0, 0.1) is 12.7 Å². The Hall–Kier alpha value is -3.27. The van der Waals surface area contributed by atoms with Gasteiger partial charge in [-0.3, -0.25) is 14.2 Å². The van der Waals surface area contributed by atoms with E-state index in [-0.39, 0.29) is 34.7 Å². The summed E-state index contributed by atoms with van der Waals surface area (Å²) in [7, 11) is 0. The Labute approximate surface area is 199 Å². The maximum Gasteiger partial charge on any atom is 0.348 e. The van der Waals surface area contributed by atoms with Crippen LogP contribution in [0.5, 0.6) is 0 Å². The van der Waals surface area contributed by atoms with E-state index in [0.717, 1.165) is 15.9 Å². The van der Waals surface area contributed by atoms with Gasteiger partial charge >= 0.3 is 17.6 Å². The SMILES string of the molecule is CCOC(=O)c1sc2c(c1C)c(=O)n(CC(=O)OC(C)(C)C)c(=O)n2CCc1ccccc1F. The zero-order valence-electron chi connectivity index (χ0n) is 19.8. The summed E-state index contributed by atoms with van der Waals surface area (Å²) in [6.45, 7) is 7.89. The molecule has 0 spiro atoms. The van der Waals surface area contributed by atoms with Gasteiger partial charge in [-0.25, -0.2) is 18.5 Å². The van der Waals surface area contributed by atoms with Gasteiger partial charge in [-0.2, -0.15) is 0 Å². The average Bonchev–Trinajstić information content (AvgIpc) is 3.08. The number of aryl methyl sites for hydroxylation is 3. The Bertz CT molecular complexity index is 1360. The number of nitrogens with zero attached hydrogens (tertiary/aromatic N) is 2. The molecule has 3 rings (SSSR count). The van der Waals surface area contributed by atoms with Crippen LogP contribution in [0.25, 0.3) is 10.2 Å². The lowest BCUT2D eigenvalue weighted by molar-refractivity contribution is -0.155. The van der Waals surface area contributed by atoms with Crippen molar-refractivity contribution in [3.8, 4) is 0 Å². The molecule has 3 aromatic rings. The number of carbonyl (C=O) groups excluding carboxylic acids is 2. The van der Waals surface area contributed by atoms with Gasteiger partial charge in [0.05, 0.1) is 12.0 Å². The van der Waals surface area contributed by atoms with E-state index in [2.05, 4.69) is 0 Å². The van der Waals surface area contributed by atoms with Crippen LogP contribution < -0.4 is 11.2 Å². The molecule has 182 valence electrons. The summed E-state index contributed by atoms with van der Waals surface area (Å²) >= 11 is 0.969. The first-order chi connectivity index (χ1) is 15.9. The zero-order valence-corrected chi connectivity index (χ0v) is 20.6. The molecule has 0 amide bonds. The molecule has 8 nitrogen and oxygen atoms in total. The van der Waals surface area contributed by atoms with Crippen molar-refractivity contribution >= 4 is 33.5 Å². The quantitative estimate of drug-likeness (QED) is 0.471. The molecule has 0 radical (unpaired) electrons. The zero-order chi connectivity index (χ0) is 25.2. The molecule has 0 bridgehead atoms. The van der Waals surface area contributed by atoms with Crippen LogP contribution in [0.4, 0.5) is 4.39 Å². The molecule has 0 fully saturated rings. The molecule has 0 unspecified atom stereocenters. The summed E-state index contributed by atoms with van der Waals surface area (Å²) in [5.74, 6) is -1.76. The van der Waals surface area contributed by atoms with Crippen molar-refractivity contribution in [2.45, 2.75) is 59.7 Å². The molecule has 0 aliphatic carbocycles. The lowest BCUT2D eigenvalue weighted by atomic mass is 10.1. The summed E-state index contributed by atoms with van der Waals surface area (Å²) in [5, 5.41) is 0.143. The van der Waals surface area contributed by atoms with Crippen molar-refractivity contribution in [3.05, 3.63) is 66.9 Å². The molecule has 0 saturated carbocycles. The molecule has 0 N–H and O–H groups in total. The molecule has 10 heteroatoms. The van der Waals surface area contributed by atoms with Gasteiger partial charge in [0.15, 0.2) is 0 Å². The predicted molar refractivity (Wildman–Crippen MR) is 127 cm³/mol. The van der Waals surface area contributed by atoms with Gasteiger partial charge in [0, 0.05) is 6.54 Å². The van der Waals surface area contributed by atoms with Crippen molar-refractivity contribution < 1.29 is 23.5 Å². The van der Waals surface area contributed by atoms with Crippen LogP contribution in [0.15, 0.2) is 33.9 Å². The molecular weight excluding hydrogens is 463 g/mol. The molecule has 2 heterocycles. The molecular formula is C24H27FN2O6S. The number of thiophene rings is 1. The lowest BCUT2D eigenvalue weighted by Gasteiger charge is -2.20. The summed E-state index contributed by atoms with van der Waals surface area (Å²) in [4.78, 5) is 52.0. The van der Waals surface area contributed by atoms with Crippen molar-refractivity contribution in [2.75, 3.05) is 6.61 Å². The highest BCUT2D eigenvalue weighted by molar-refractivity contribution is 7.20. The van der Waals surface area contributed by atoms with Crippen molar-refractivity contribution in [1.82, 2.24) is 9.13 Å². The highest BCUT2D eigenvalue weighted by Crippen LogP contribution is 2.29. The van der Waals surface area contributed by atoms with E-state index in [4.69, 9.17) is 9.47 Å². The Kier molecular flexibility index (Phi) is 7.40. The van der Waals surface area contributed by atoms with E-state index in [1.165, 1.54) is 10.6 Å². The third-order valence-corrected chi connectivity index (χ3v) is 6.32. The number of esters is 2. The summed E-state index contributed by atoms with van der Waals surface area (Å²) in [5.41, 5.74) is -1.48. The molecule has 0 saturated heterocycles. The molecule has 1 aromatic carbocycles. The van der Waals surface area contributed by atoms with Crippen LogP contribution in [0.3, 0.4) is 0 Å². The first kappa shape index (κ1) is 25.4. The summed E-state index contributed by atoms with van der Waals surface area (Å²) < 4.78 is 26.7. The van der Waals surface area contributed by atoms with Crippen molar-refractivity contribution in [1.29, 1.82) is 0 Å². The summed E-state index contributed by atoms with van der Waals surface area (Å²) in [6, 6.07) is 6.19. The first-order valence-electron chi connectivity index (χ1n) is 10.8. The second-order valence-corrected chi connectivity index (χ2v) is 9.71. The highest BCUT2D eigenvalue weighted by atomic mass is 32.1. The van der Waals surface area contributed by atoms with Gasteiger partial charge in [-0.1, -0.05) is 18.2 Å². The fourth-order valence-corrected chi connectivity index (χ4v) is 4.77. The number of benzene rings is 1. The van der Waals surface area contributed by atoms with Crippen LogP contribution in [0.1, 0.15) is 48.5 Å². The first-order valence-corrected chi connectivity index (χ1v) is 11.6. The number of ether oxygens (including phenoxy) is 2. The Morgan fingerprint density at radius 2 is 1.79 bits per heavy atom. The van der Waals surface area contributed by atoms with Crippen LogP contribution in [-0.2, 0) is 33.8 Å². The van der Waals surface area contributed by atoms with Crippen molar-refractivity contribution in [3.63, 3.8) is 0 Å². The van der Waals surface area contributed by atoms with Crippen LogP contribution in [0.2, 0.25) is 0 Å². The van der Waals surface area contributed by atoms with E-state index < -0.39 is 41.2 Å². The second kappa shape index (κ2) is 9.92. The average molecular weight is 491 g/mol. The maximum absolute atomic E-state index is 14.2. The van der Waals surface area contributed by atoms with E-state index in [1.807, 2.05) is 0 Å². The second-order valence-electron chi connectivity index (χ2n) is 8.71. The topological polar surface area (TPSA) is 96.6 Å². The van der Waals surface area contributed by atoms with E-state index >= 15 is 0 Å². The Balaban J connectivity index is 2.18. The molecule has 2 aromatic heterocycles. The predicted octanol–water partition coefficient (Wildman–Crippen LogP) is 3.43. The molecule has 0 aliphatic heterocycles. The Morgan fingerprint density at radius 3 is 2.41 bits per heavy atom. The fraction of sp³-hybridized carbons (Fsp3) is 0.417. The van der Waals surface area contributed by atoms with Gasteiger partial charge in [0.25, 0.3) is 5.56 Å². The highest BCUT2D eigenvalue weighted by Gasteiger charge is 2.26. The summed E-state index contributed by atoms with van der Waals surface area (Å²) in [6.07, 6.45) is 0.165. The van der Waals surface area contributed by atoms with E-state index in [9.17, 15) is 23.6 Å². The van der Waals surface area contributed by atoms with Crippen LogP contribution >= 0.6 is 11.3 Å². The number of hydrogen-bond donors (Lipinski definition) is 0. The Morgan fingerprint density at radius 1 is 1.12 bits per heavy atom. The minimum atomic E-state index is -0.802. The minimum Gasteiger partial charge on any atom is -0.462 e. The molecule has 34 heavy (non-hydrogen) atoms. The number of halogens is 1. The molecule has 0 atom stereocenters. The van der Waals surface area contributed by atoms with E-state index in [0.29, 0.717) is 11.1 Å². The number of hydrogen-bond acceptors (Lipinski definition) is 7. The van der Waals surface area contributed by atoms with Gasteiger partial charge in [-0.05, 0) is 58.2 Å². The monoisotopic (exact) mass is 490 g/mol. The van der Waals surface area contributed by atoms with Gasteiger partial charge in [0.1, 0.15) is 27.7 Å². The largest absolute Gasteiger partial charge is 0.462 e. The number of carbonyl (C=O) groups is 2. The van der Waals surface area contributed by atoms with Crippen molar-refractivity contribution in [2.24, 2.45) is 0 Å². The minimum absolute atomic E-state index is 0.0348. The maximum atomic E-state index is 14.2. The molecule has 0 aliphatic rings. The standard InChI is InChI=1S/C24H27FN2O6S/c1-6-32-22(30)19-14(2)18-20(29)27(13-17(28)33-24(3,4)5)23(31)26(21(18)34-19)12-11-15-9-7-8-10-16(15)25/h7-10H,6,11-13H2,1-5H3. The normalized spacial score (nSPS) is 11.6. The fourth-order valence-electron chi connectivity index (χ4n) is 3.56. The van der Waals surface area contributed by atoms with Gasteiger partial charge in [0.2, 0.25) is 0 Å². The number of aromatic nitrogens is 2. The third kappa shape index (κ3) is 5.27. The van der Waals surface area contributed by atoms with Gasteiger partial charge < -0.3 is 9.47 Å². The van der Waals surface area contributed by atoms with Crippen LogP contribution in [-0.4, -0.2) is 33.3 Å².